The molecule has 4 aromatic rings. The number of carbonyl (C=O) groups excluding carboxylic acids is 3. The molecule has 1 fully saturated rings. The van der Waals surface area contributed by atoms with Crippen LogP contribution in [0.5, 0.6) is 5.75 Å². The molecule has 2 bridgehead atoms. The SMILES string of the molecule is Cc1ccc(N2C(=O)C3C4c5ccccc5C(/C=N/NC(=O)c5ccccc5O)(c5ccccc54)C3C2=O)c([N+](=O)[O-])c1. The molecule has 1 aliphatic heterocycles. The van der Waals surface area contributed by atoms with E-state index in [1.165, 1.54) is 30.5 Å². The van der Waals surface area contributed by atoms with Crippen molar-refractivity contribution in [3.63, 3.8) is 0 Å². The van der Waals surface area contributed by atoms with Crippen molar-refractivity contribution >= 4 is 35.3 Å². The predicted octanol–water partition coefficient (Wildman–Crippen LogP) is 4.58. The summed E-state index contributed by atoms with van der Waals surface area (Å²) >= 11 is 0. The highest BCUT2D eigenvalue weighted by molar-refractivity contribution is 6.25. The molecule has 1 saturated heterocycles. The minimum absolute atomic E-state index is 0.0214. The first kappa shape index (κ1) is 26.3. The zero-order valence-electron chi connectivity index (χ0n) is 22.8. The second-order valence-corrected chi connectivity index (χ2v) is 11.0. The molecule has 0 radical (unpaired) electrons. The molecule has 3 aliphatic carbocycles. The highest BCUT2D eigenvalue weighted by Crippen LogP contribution is 2.64. The predicted molar refractivity (Wildman–Crippen MR) is 157 cm³/mol. The van der Waals surface area contributed by atoms with E-state index in [1.807, 2.05) is 48.5 Å². The van der Waals surface area contributed by atoms with Crippen LogP contribution < -0.4 is 10.3 Å². The van der Waals surface area contributed by atoms with Crippen molar-refractivity contribution in [3.05, 3.63) is 134 Å². The number of phenols is 1. The number of hydrogen-bond donors (Lipinski definition) is 2. The molecule has 43 heavy (non-hydrogen) atoms. The largest absolute Gasteiger partial charge is 0.507 e. The average Bonchev–Trinajstić information content (AvgIpc) is 3.28. The van der Waals surface area contributed by atoms with Crippen LogP contribution in [-0.2, 0) is 15.0 Å². The molecule has 4 aliphatic rings. The fourth-order valence-electron chi connectivity index (χ4n) is 7.17. The number of anilines is 1. The molecular weight excluding hydrogens is 548 g/mol. The lowest BCUT2D eigenvalue weighted by molar-refractivity contribution is -0.384. The normalized spacial score (nSPS) is 23.2. The van der Waals surface area contributed by atoms with Gasteiger partial charge in [0.25, 0.3) is 11.6 Å². The van der Waals surface area contributed by atoms with Crippen LogP contribution in [0.4, 0.5) is 11.4 Å². The lowest BCUT2D eigenvalue weighted by atomic mass is 9.47. The van der Waals surface area contributed by atoms with Crippen LogP contribution in [-0.4, -0.2) is 34.0 Å². The van der Waals surface area contributed by atoms with Crippen molar-refractivity contribution in [1.82, 2.24) is 5.43 Å². The Labute approximate surface area is 245 Å². The Hall–Kier alpha value is -5.64. The molecular formula is C33H24N4O6. The zero-order chi connectivity index (χ0) is 30.0. The summed E-state index contributed by atoms with van der Waals surface area (Å²) < 4.78 is 0. The van der Waals surface area contributed by atoms with Crippen LogP contribution in [0.3, 0.4) is 0 Å². The first-order valence-electron chi connectivity index (χ1n) is 13.7. The van der Waals surface area contributed by atoms with Crippen molar-refractivity contribution < 1.29 is 24.4 Å². The molecule has 1 heterocycles. The number of nitrogens with zero attached hydrogens (tertiary/aromatic N) is 3. The molecule has 3 amide bonds. The third-order valence-corrected chi connectivity index (χ3v) is 8.84. The second-order valence-electron chi connectivity index (χ2n) is 11.0. The Morgan fingerprint density at radius 1 is 0.953 bits per heavy atom. The number of imide groups is 1. The van der Waals surface area contributed by atoms with Gasteiger partial charge in [-0.15, -0.1) is 0 Å². The Kier molecular flexibility index (Phi) is 5.77. The lowest BCUT2D eigenvalue weighted by Gasteiger charge is -2.52. The summed E-state index contributed by atoms with van der Waals surface area (Å²) in [7, 11) is 0. The average molecular weight is 573 g/mol. The van der Waals surface area contributed by atoms with Gasteiger partial charge in [-0.25, -0.2) is 10.3 Å². The van der Waals surface area contributed by atoms with E-state index in [1.54, 1.807) is 25.1 Å². The number of rotatable bonds is 5. The number of para-hydroxylation sites is 1. The molecule has 8 rings (SSSR count). The number of nitrogens with one attached hydrogen (secondary N) is 1. The van der Waals surface area contributed by atoms with E-state index < -0.39 is 45.8 Å². The van der Waals surface area contributed by atoms with Crippen molar-refractivity contribution in [3.8, 4) is 5.75 Å². The summed E-state index contributed by atoms with van der Waals surface area (Å²) in [5, 5.41) is 26.5. The maximum Gasteiger partial charge on any atom is 0.293 e. The topological polar surface area (TPSA) is 142 Å². The van der Waals surface area contributed by atoms with Crippen LogP contribution >= 0.6 is 0 Å². The van der Waals surface area contributed by atoms with E-state index in [4.69, 9.17) is 0 Å². The van der Waals surface area contributed by atoms with Gasteiger partial charge in [-0.05, 0) is 52.9 Å². The number of phenolic OH excluding ortho intramolecular Hbond substituents is 1. The number of benzene rings is 4. The molecule has 212 valence electrons. The maximum absolute atomic E-state index is 14.5. The van der Waals surface area contributed by atoms with Crippen molar-refractivity contribution in [2.24, 2.45) is 16.9 Å². The van der Waals surface area contributed by atoms with Gasteiger partial charge >= 0.3 is 0 Å². The van der Waals surface area contributed by atoms with E-state index in [2.05, 4.69) is 10.5 Å². The van der Waals surface area contributed by atoms with Crippen LogP contribution in [0, 0.1) is 28.9 Å². The summed E-state index contributed by atoms with van der Waals surface area (Å²) in [5.41, 5.74) is 4.66. The highest BCUT2D eigenvalue weighted by atomic mass is 16.6. The molecule has 0 spiro atoms. The zero-order valence-corrected chi connectivity index (χ0v) is 22.8. The molecule has 2 atom stereocenters. The number of hydrogen-bond acceptors (Lipinski definition) is 7. The van der Waals surface area contributed by atoms with Crippen molar-refractivity contribution in [2.45, 2.75) is 18.3 Å². The minimum Gasteiger partial charge on any atom is -0.507 e. The standard InChI is InChI=1S/C33H24N4O6/c1-18-14-15-24(25(16-18)37(42)43)36-31(40)28-27-19-8-2-5-11-22(19)33(29(28)32(36)41,23-12-6-3-9-20(23)27)17-34-35-30(39)21-10-4-7-13-26(21)38/h2-17,27-29,38H,1H3,(H,35,39)/b34-17+. The summed E-state index contributed by atoms with van der Waals surface area (Å²) in [6.45, 7) is 1.70. The van der Waals surface area contributed by atoms with E-state index in [0.29, 0.717) is 5.56 Å². The smallest absolute Gasteiger partial charge is 0.293 e. The molecule has 0 aromatic heterocycles. The van der Waals surface area contributed by atoms with Gasteiger partial charge in [0.2, 0.25) is 11.8 Å². The Morgan fingerprint density at radius 2 is 1.58 bits per heavy atom. The van der Waals surface area contributed by atoms with Gasteiger partial charge in [0.05, 0.1) is 27.7 Å². The van der Waals surface area contributed by atoms with Gasteiger partial charge in [0.15, 0.2) is 0 Å². The molecule has 0 saturated carbocycles. The third-order valence-electron chi connectivity index (χ3n) is 8.84. The van der Waals surface area contributed by atoms with E-state index in [9.17, 15) is 29.6 Å². The first-order valence-corrected chi connectivity index (χ1v) is 13.7. The Morgan fingerprint density at radius 3 is 2.23 bits per heavy atom. The molecule has 2 N–H and O–H groups in total. The number of nitro benzene ring substituents is 1. The van der Waals surface area contributed by atoms with Crippen molar-refractivity contribution in [2.75, 3.05) is 4.90 Å². The van der Waals surface area contributed by atoms with Gasteiger partial charge in [0, 0.05) is 18.2 Å². The summed E-state index contributed by atoms with van der Waals surface area (Å²) in [4.78, 5) is 54.1. The van der Waals surface area contributed by atoms with E-state index in [0.717, 1.165) is 27.2 Å². The monoisotopic (exact) mass is 572 g/mol. The number of aryl methyl sites for hydroxylation is 1. The molecule has 10 nitrogen and oxygen atoms in total. The van der Waals surface area contributed by atoms with Crippen molar-refractivity contribution in [1.29, 1.82) is 0 Å². The van der Waals surface area contributed by atoms with Gasteiger partial charge in [-0.3, -0.25) is 24.5 Å². The number of aromatic hydroxyl groups is 1. The number of hydrazone groups is 1. The van der Waals surface area contributed by atoms with E-state index in [-0.39, 0.29) is 22.7 Å². The fourth-order valence-corrected chi connectivity index (χ4v) is 7.17. The van der Waals surface area contributed by atoms with Gasteiger partial charge in [0.1, 0.15) is 11.4 Å². The fraction of sp³-hybridized carbons (Fsp3) is 0.152. The van der Waals surface area contributed by atoms with Gasteiger partial charge < -0.3 is 5.11 Å². The minimum atomic E-state index is -1.28. The van der Waals surface area contributed by atoms with Crippen LogP contribution in [0.15, 0.2) is 96.1 Å². The Balaban J connectivity index is 1.42. The highest BCUT2D eigenvalue weighted by Gasteiger charge is 2.68. The summed E-state index contributed by atoms with van der Waals surface area (Å²) in [6, 6.07) is 25.5. The quantitative estimate of drug-likeness (QED) is 0.155. The Bertz CT molecular complexity index is 1870. The molecule has 4 aromatic carbocycles. The summed E-state index contributed by atoms with van der Waals surface area (Å²) in [6.07, 6.45) is 1.49. The number of carbonyl (C=O) groups is 3. The van der Waals surface area contributed by atoms with Crippen LogP contribution in [0.2, 0.25) is 0 Å². The number of nitro groups is 1. The van der Waals surface area contributed by atoms with Crippen LogP contribution in [0.25, 0.3) is 0 Å². The third kappa shape index (κ3) is 3.59. The van der Waals surface area contributed by atoms with Crippen LogP contribution in [0.1, 0.15) is 44.1 Å². The molecule has 10 heteroatoms. The van der Waals surface area contributed by atoms with Gasteiger partial charge in [-0.2, -0.15) is 5.10 Å². The maximum atomic E-state index is 14.5. The number of amides is 3. The lowest BCUT2D eigenvalue weighted by Crippen LogP contribution is -2.54. The van der Waals surface area contributed by atoms with Gasteiger partial charge in [-0.1, -0.05) is 66.7 Å². The summed E-state index contributed by atoms with van der Waals surface area (Å²) in [5.74, 6) is -4.27. The second kappa shape index (κ2) is 9.45. The van der Waals surface area contributed by atoms with E-state index >= 15 is 0 Å². The first-order chi connectivity index (χ1) is 20.8. The molecule has 2 unspecified atom stereocenters.